The lowest BCUT2D eigenvalue weighted by Crippen LogP contribution is -2.45. The van der Waals surface area contributed by atoms with Crippen molar-refractivity contribution in [1.29, 1.82) is 0 Å². The van der Waals surface area contributed by atoms with Crippen LogP contribution in [0.25, 0.3) is 0 Å². The molecule has 28 heavy (non-hydrogen) atoms. The predicted molar refractivity (Wildman–Crippen MR) is 106 cm³/mol. The molecule has 0 saturated heterocycles. The van der Waals surface area contributed by atoms with Crippen LogP contribution in [0.5, 0.6) is 5.75 Å². The zero-order valence-corrected chi connectivity index (χ0v) is 16.8. The first-order chi connectivity index (χ1) is 13.4. The Bertz CT molecular complexity index is 926. The van der Waals surface area contributed by atoms with E-state index < -0.39 is 22.8 Å². The molecule has 0 aliphatic carbocycles. The summed E-state index contributed by atoms with van der Waals surface area (Å²) in [4.78, 5) is 29.7. The van der Waals surface area contributed by atoms with Gasteiger partial charge in [-0.2, -0.15) is 0 Å². The number of rotatable bonds is 6. The van der Waals surface area contributed by atoms with Crippen LogP contribution in [-0.2, 0) is 23.4 Å². The molecule has 1 amide bonds. The molecule has 0 saturated carbocycles. The lowest BCUT2D eigenvalue weighted by molar-refractivity contribution is -0.0924. The van der Waals surface area contributed by atoms with Crippen molar-refractivity contribution in [3.63, 3.8) is 0 Å². The van der Waals surface area contributed by atoms with E-state index in [1.54, 1.807) is 24.3 Å². The van der Waals surface area contributed by atoms with Crippen LogP contribution in [0.15, 0.2) is 29.1 Å². The highest BCUT2D eigenvalue weighted by atomic mass is 35.5. The molecule has 3 rings (SSSR count). The van der Waals surface area contributed by atoms with Gasteiger partial charge in [-0.05, 0) is 30.5 Å². The molecule has 1 atom stereocenters. The standard InChI is InChI=1S/C20H24ClN3O4/c1-3-9-20(4-2)19-23-15(16(25)18(27)24(19)10-11-28-20)17(26)22-12-13-5-7-14(21)8-6-13/h5-8,25H,3-4,9-12H2,1-2H3,(H,22,26). The maximum absolute atomic E-state index is 12.7. The Morgan fingerprint density at radius 1 is 1.36 bits per heavy atom. The van der Waals surface area contributed by atoms with Gasteiger partial charge in [-0.3, -0.25) is 14.2 Å². The summed E-state index contributed by atoms with van der Waals surface area (Å²) in [5.74, 6) is -0.844. The smallest absolute Gasteiger partial charge is 0.296 e. The van der Waals surface area contributed by atoms with E-state index in [9.17, 15) is 14.7 Å². The number of carbonyl (C=O) groups excluding carboxylic acids is 1. The fourth-order valence-corrected chi connectivity index (χ4v) is 3.67. The Balaban J connectivity index is 1.94. The van der Waals surface area contributed by atoms with Crippen molar-refractivity contribution >= 4 is 17.5 Å². The van der Waals surface area contributed by atoms with Crippen LogP contribution in [-0.4, -0.2) is 27.2 Å². The van der Waals surface area contributed by atoms with Gasteiger partial charge in [0.1, 0.15) is 11.4 Å². The second-order valence-electron chi connectivity index (χ2n) is 6.84. The highest BCUT2D eigenvalue weighted by molar-refractivity contribution is 6.30. The number of aromatic nitrogens is 2. The summed E-state index contributed by atoms with van der Waals surface area (Å²) >= 11 is 5.86. The van der Waals surface area contributed by atoms with E-state index in [1.165, 1.54) is 4.57 Å². The third-order valence-corrected chi connectivity index (χ3v) is 5.30. The average molecular weight is 406 g/mol. The number of nitrogens with one attached hydrogen (secondary N) is 1. The molecule has 0 bridgehead atoms. The topological polar surface area (TPSA) is 93.5 Å². The molecule has 2 heterocycles. The van der Waals surface area contributed by atoms with Crippen molar-refractivity contribution in [3.8, 4) is 5.75 Å². The SMILES string of the molecule is CCCC1(CC)OCCn2c1nc(C(=O)NCc1ccc(Cl)cc1)c(O)c2=O. The summed E-state index contributed by atoms with van der Waals surface area (Å²) < 4.78 is 7.43. The molecular weight excluding hydrogens is 382 g/mol. The first-order valence-electron chi connectivity index (χ1n) is 9.42. The molecular formula is C20H24ClN3O4. The molecule has 0 radical (unpaired) electrons. The summed E-state index contributed by atoms with van der Waals surface area (Å²) in [6.07, 6.45) is 2.12. The maximum atomic E-state index is 12.7. The van der Waals surface area contributed by atoms with E-state index >= 15 is 0 Å². The number of amides is 1. The van der Waals surface area contributed by atoms with Crippen LogP contribution in [0.3, 0.4) is 0 Å². The van der Waals surface area contributed by atoms with Crippen LogP contribution < -0.4 is 10.9 Å². The van der Waals surface area contributed by atoms with Crippen molar-refractivity contribution in [3.05, 3.63) is 56.7 Å². The maximum Gasteiger partial charge on any atom is 0.296 e. The molecule has 150 valence electrons. The lowest BCUT2D eigenvalue weighted by atomic mass is 9.92. The minimum atomic E-state index is -0.731. The van der Waals surface area contributed by atoms with Crippen molar-refractivity contribution in [2.75, 3.05) is 6.61 Å². The normalized spacial score (nSPS) is 18.5. The Labute approximate surface area is 168 Å². The number of aromatic hydroxyl groups is 1. The van der Waals surface area contributed by atoms with E-state index in [2.05, 4.69) is 10.3 Å². The minimum absolute atomic E-state index is 0.222. The first kappa shape index (κ1) is 20.4. The number of nitrogens with zero attached hydrogens (tertiary/aromatic N) is 2. The second-order valence-corrected chi connectivity index (χ2v) is 7.28. The summed E-state index contributed by atoms with van der Waals surface area (Å²) in [7, 11) is 0. The number of carbonyl (C=O) groups is 1. The van der Waals surface area contributed by atoms with Gasteiger partial charge in [0.25, 0.3) is 11.5 Å². The van der Waals surface area contributed by atoms with Gasteiger partial charge in [-0.15, -0.1) is 0 Å². The minimum Gasteiger partial charge on any atom is -0.501 e. The van der Waals surface area contributed by atoms with Gasteiger partial charge in [0.2, 0.25) is 5.75 Å². The van der Waals surface area contributed by atoms with Crippen LogP contribution in [0.4, 0.5) is 0 Å². The highest BCUT2D eigenvalue weighted by Gasteiger charge is 2.40. The summed E-state index contributed by atoms with van der Waals surface area (Å²) in [5, 5.41) is 13.6. The van der Waals surface area contributed by atoms with Crippen molar-refractivity contribution in [1.82, 2.24) is 14.9 Å². The molecule has 1 aliphatic heterocycles. The summed E-state index contributed by atoms with van der Waals surface area (Å²) in [6.45, 7) is 4.87. The van der Waals surface area contributed by atoms with E-state index in [4.69, 9.17) is 16.3 Å². The van der Waals surface area contributed by atoms with E-state index in [0.717, 1.165) is 12.0 Å². The van der Waals surface area contributed by atoms with Gasteiger partial charge < -0.3 is 15.2 Å². The van der Waals surface area contributed by atoms with Gasteiger partial charge in [-0.1, -0.05) is 44.0 Å². The summed E-state index contributed by atoms with van der Waals surface area (Å²) in [5.41, 5.74) is -0.780. The number of hydrogen-bond acceptors (Lipinski definition) is 5. The van der Waals surface area contributed by atoms with Gasteiger partial charge >= 0.3 is 0 Å². The number of ether oxygens (including phenoxy) is 1. The molecule has 2 aromatic rings. The fourth-order valence-electron chi connectivity index (χ4n) is 3.55. The average Bonchev–Trinajstić information content (AvgIpc) is 2.70. The van der Waals surface area contributed by atoms with Gasteiger partial charge in [0.15, 0.2) is 5.69 Å². The molecule has 1 aromatic heterocycles. The molecule has 0 fully saturated rings. The van der Waals surface area contributed by atoms with E-state index in [0.29, 0.717) is 36.8 Å². The number of benzene rings is 1. The van der Waals surface area contributed by atoms with E-state index in [1.807, 2.05) is 13.8 Å². The predicted octanol–water partition coefficient (Wildman–Crippen LogP) is 2.97. The molecule has 1 aromatic carbocycles. The largest absolute Gasteiger partial charge is 0.501 e. The van der Waals surface area contributed by atoms with Gasteiger partial charge in [0.05, 0.1) is 13.2 Å². The molecule has 1 aliphatic rings. The molecule has 2 N–H and O–H groups in total. The van der Waals surface area contributed by atoms with E-state index in [-0.39, 0.29) is 12.2 Å². The Morgan fingerprint density at radius 3 is 2.71 bits per heavy atom. The lowest BCUT2D eigenvalue weighted by Gasteiger charge is -2.38. The first-order valence-corrected chi connectivity index (χ1v) is 9.80. The Kier molecular flexibility index (Phi) is 6.05. The monoisotopic (exact) mass is 405 g/mol. The van der Waals surface area contributed by atoms with Crippen LogP contribution >= 0.6 is 11.6 Å². The quantitative estimate of drug-likeness (QED) is 0.770. The molecule has 0 spiro atoms. The zero-order chi connectivity index (χ0) is 20.3. The fraction of sp³-hybridized carbons (Fsp3) is 0.450. The van der Waals surface area contributed by atoms with Crippen molar-refractivity contribution in [2.24, 2.45) is 0 Å². The third kappa shape index (κ3) is 3.77. The van der Waals surface area contributed by atoms with Gasteiger partial charge in [0, 0.05) is 11.6 Å². The number of fused-ring (bicyclic) bond motifs is 1. The van der Waals surface area contributed by atoms with Crippen molar-refractivity contribution in [2.45, 2.75) is 51.8 Å². The van der Waals surface area contributed by atoms with Crippen LogP contribution in [0.1, 0.15) is 55.0 Å². The highest BCUT2D eigenvalue weighted by Crippen LogP contribution is 2.36. The molecule has 1 unspecified atom stereocenters. The van der Waals surface area contributed by atoms with Crippen molar-refractivity contribution < 1.29 is 14.6 Å². The van der Waals surface area contributed by atoms with Crippen LogP contribution in [0, 0.1) is 0 Å². The van der Waals surface area contributed by atoms with Crippen LogP contribution in [0.2, 0.25) is 5.02 Å². The molecule has 7 nitrogen and oxygen atoms in total. The Hall–Kier alpha value is -2.38. The Morgan fingerprint density at radius 2 is 2.07 bits per heavy atom. The zero-order valence-electron chi connectivity index (χ0n) is 16.0. The van der Waals surface area contributed by atoms with Gasteiger partial charge in [-0.25, -0.2) is 4.98 Å². The number of halogens is 1. The summed E-state index contributed by atoms with van der Waals surface area (Å²) in [6, 6.07) is 7.02. The molecule has 8 heteroatoms. The third-order valence-electron chi connectivity index (χ3n) is 5.05. The number of hydrogen-bond donors (Lipinski definition) is 2. The second kappa shape index (κ2) is 8.32.